The fraction of sp³-hybridized carbons (Fsp3) is 0.391. The van der Waals surface area contributed by atoms with Crippen molar-refractivity contribution in [1.82, 2.24) is 29.5 Å². The molecule has 9 heteroatoms. The molecule has 1 saturated carbocycles. The second-order valence-corrected chi connectivity index (χ2v) is 8.12. The number of nitrogens with zero attached hydrogens (tertiary/aromatic N) is 6. The number of aromatic nitrogens is 6. The number of rotatable bonds is 6. The molecule has 0 aromatic carbocycles. The Hall–Kier alpha value is -3.62. The highest BCUT2D eigenvalue weighted by atomic mass is 16.5. The lowest BCUT2D eigenvalue weighted by molar-refractivity contribution is 0.130. The molecule has 0 radical (unpaired) electrons. The van der Waals surface area contributed by atoms with Gasteiger partial charge in [0, 0.05) is 49.6 Å². The van der Waals surface area contributed by atoms with Gasteiger partial charge in [-0.3, -0.25) is 9.36 Å². The first kappa shape index (κ1) is 20.3. The second-order valence-electron chi connectivity index (χ2n) is 8.12. The van der Waals surface area contributed by atoms with E-state index in [-0.39, 0.29) is 6.10 Å². The molecule has 0 amide bonds. The van der Waals surface area contributed by atoms with E-state index in [1.165, 1.54) is 0 Å². The van der Waals surface area contributed by atoms with Gasteiger partial charge in [0.2, 0.25) is 5.88 Å². The minimum Gasteiger partial charge on any atom is -0.489 e. The van der Waals surface area contributed by atoms with Gasteiger partial charge in [0.05, 0.1) is 37.2 Å². The number of fused-ring (bicyclic) bond motifs is 1. The summed E-state index contributed by atoms with van der Waals surface area (Å²) in [6.45, 7) is 0. The van der Waals surface area contributed by atoms with Crippen molar-refractivity contribution in [2.75, 3.05) is 19.5 Å². The minimum absolute atomic E-state index is 0.176. The number of hydrogen-bond donors (Lipinski definition) is 1. The van der Waals surface area contributed by atoms with Crippen LogP contribution in [0.5, 0.6) is 11.6 Å². The van der Waals surface area contributed by atoms with E-state index >= 15 is 0 Å². The topological polar surface area (TPSA) is 91.9 Å². The van der Waals surface area contributed by atoms with Crippen molar-refractivity contribution in [3.05, 3.63) is 43.0 Å². The summed E-state index contributed by atoms with van der Waals surface area (Å²) in [5.41, 5.74) is 3.01. The van der Waals surface area contributed by atoms with Crippen molar-refractivity contribution in [1.29, 1.82) is 0 Å². The Morgan fingerprint density at radius 1 is 1.06 bits per heavy atom. The third kappa shape index (κ3) is 3.86. The normalized spacial score (nSPS) is 18.6. The molecule has 0 bridgehead atoms. The Morgan fingerprint density at radius 2 is 1.91 bits per heavy atom. The molecule has 9 nitrogen and oxygen atoms in total. The summed E-state index contributed by atoms with van der Waals surface area (Å²) in [7, 11) is 5.41. The molecule has 0 saturated heterocycles. The third-order valence-electron chi connectivity index (χ3n) is 6.04. The number of ether oxygens (including phenoxy) is 2. The molecule has 166 valence electrons. The van der Waals surface area contributed by atoms with Crippen LogP contribution in [0.25, 0.3) is 22.2 Å². The molecule has 4 aromatic heterocycles. The van der Waals surface area contributed by atoms with E-state index < -0.39 is 0 Å². The Kier molecular flexibility index (Phi) is 5.38. The Morgan fingerprint density at radius 3 is 2.56 bits per heavy atom. The van der Waals surface area contributed by atoms with Gasteiger partial charge in [-0.25, -0.2) is 9.97 Å². The maximum Gasteiger partial charge on any atom is 0.213 e. The number of aryl methyl sites for hydroxylation is 1. The zero-order valence-corrected chi connectivity index (χ0v) is 18.5. The SMILES string of the molecule is CNc1cc2c(cn1)c(-c1cnn(C)c1)nn2[C@H]1CC[C@@H](Oc2ccc(OC)nc2)CC1. The molecule has 0 aliphatic heterocycles. The van der Waals surface area contributed by atoms with E-state index in [9.17, 15) is 0 Å². The van der Waals surface area contributed by atoms with Crippen molar-refractivity contribution < 1.29 is 9.47 Å². The average molecular weight is 434 g/mol. The van der Waals surface area contributed by atoms with Crippen molar-refractivity contribution in [3.63, 3.8) is 0 Å². The van der Waals surface area contributed by atoms with Crippen LogP contribution in [0.3, 0.4) is 0 Å². The van der Waals surface area contributed by atoms with Crippen LogP contribution in [0.1, 0.15) is 31.7 Å². The van der Waals surface area contributed by atoms with E-state index in [4.69, 9.17) is 14.6 Å². The van der Waals surface area contributed by atoms with Gasteiger partial charge in [-0.1, -0.05) is 0 Å². The zero-order valence-electron chi connectivity index (χ0n) is 18.5. The van der Waals surface area contributed by atoms with Crippen molar-refractivity contribution in [2.24, 2.45) is 7.05 Å². The number of nitrogens with one attached hydrogen (secondary N) is 1. The van der Waals surface area contributed by atoms with Crippen molar-refractivity contribution in [3.8, 4) is 22.9 Å². The lowest BCUT2D eigenvalue weighted by Crippen LogP contribution is -2.26. The quantitative estimate of drug-likeness (QED) is 0.494. The van der Waals surface area contributed by atoms with Crippen LogP contribution in [0.2, 0.25) is 0 Å². The smallest absolute Gasteiger partial charge is 0.213 e. The number of methoxy groups -OCH3 is 1. The molecule has 0 atom stereocenters. The van der Waals surface area contributed by atoms with E-state index in [0.717, 1.165) is 59.4 Å². The van der Waals surface area contributed by atoms with Gasteiger partial charge in [0.1, 0.15) is 17.3 Å². The molecule has 4 aromatic rings. The van der Waals surface area contributed by atoms with Gasteiger partial charge in [-0.2, -0.15) is 10.2 Å². The van der Waals surface area contributed by atoms with Crippen LogP contribution >= 0.6 is 0 Å². The number of anilines is 1. The predicted octanol–water partition coefficient (Wildman–Crippen LogP) is 3.84. The van der Waals surface area contributed by atoms with E-state index in [2.05, 4.69) is 31.1 Å². The summed E-state index contributed by atoms with van der Waals surface area (Å²) in [6, 6.07) is 6.12. The number of hydrogen-bond acceptors (Lipinski definition) is 7. The van der Waals surface area contributed by atoms with Crippen LogP contribution in [0, 0.1) is 0 Å². The molecular formula is C23H27N7O2. The van der Waals surface area contributed by atoms with Gasteiger partial charge in [0.25, 0.3) is 0 Å². The Balaban J connectivity index is 1.37. The molecule has 5 rings (SSSR count). The molecule has 1 fully saturated rings. The van der Waals surface area contributed by atoms with Crippen LogP contribution in [0.4, 0.5) is 5.82 Å². The summed E-state index contributed by atoms with van der Waals surface area (Å²) >= 11 is 0. The van der Waals surface area contributed by atoms with Gasteiger partial charge >= 0.3 is 0 Å². The Bertz CT molecular complexity index is 1210. The van der Waals surface area contributed by atoms with E-state index in [1.54, 1.807) is 18.0 Å². The maximum absolute atomic E-state index is 6.16. The molecule has 1 aliphatic carbocycles. The zero-order chi connectivity index (χ0) is 22.1. The monoisotopic (exact) mass is 433 g/mol. The lowest BCUT2D eigenvalue weighted by Gasteiger charge is -2.29. The molecule has 0 spiro atoms. The molecule has 0 unspecified atom stereocenters. The first-order valence-electron chi connectivity index (χ1n) is 10.9. The minimum atomic E-state index is 0.176. The molecule has 32 heavy (non-hydrogen) atoms. The lowest BCUT2D eigenvalue weighted by atomic mass is 9.93. The van der Waals surface area contributed by atoms with E-state index in [1.807, 2.05) is 44.8 Å². The standard InChI is InChI=1S/C23H27N7O2/c1-24-21-10-20-19(13-25-21)23(15-11-27-29(2)14-15)28-30(20)16-4-6-17(7-5-16)32-18-8-9-22(31-3)26-12-18/h8-14,16-17H,4-7H2,1-3H3,(H,24,25)/t16-,17+. The molecule has 1 aliphatic rings. The third-order valence-corrected chi connectivity index (χ3v) is 6.04. The van der Waals surface area contributed by atoms with Crippen molar-refractivity contribution >= 4 is 16.7 Å². The Labute approximate surface area is 186 Å². The summed E-state index contributed by atoms with van der Waals surface area (Å²) in [5, 5.41) is 13.5. The first-order chi connectivity index (χ1) is 15.6. The summed E-state index contributed by atoms with van der Waals surface area (Å²) in [6.07, 6.45) is 11.6. The summed E-state index contributed by atoms with van der Waals surface area (Å²) < 4.78 is 15.2. The van der Waals surface area contributed by atoms with Gasteiger partial charge in [0.15, 0.2) is 0 Å². The van der Waals surface area contributed by atoms with Crippen molar-refractivity contribution in [2.45, 2.75) is 37.8 Å². The van der Waals surface area contributed by atoms with Gasteiger partial charge in [-0.05, 0) is 31.7 Å². The predicted molar refractivity (Wildman–Crippen MR) is 122 cm³/mol. The summed E-state index contributed by atoms with van der Waals surface area (Å²) in [4.78, 5) is 8.75. The highest BCUT2D eigenvalue weighted by Gasteiger charge is 2.27. The number of pyridine rings is 2. The first-order valence-corrected chi connectivity index (χ1v) is 10.9. The fourth-order valence-corrected chi connectivity index (χ4v) is 4.36. The highest BCUT2D eigenvalue weighted by molar-refractivity contribution is 5.93. The van der Waals surface area contributed by atoms with Crippen LogP contribution in [-0.4, -0.2) is 49.8 Å². The maximum atomic E-state index is 6.16. The molecule has 1 N–H and O–H groups in total. The second kappa shape index (κ2) is 8.49. The fourth-order valence-electron chi connectivity index (χ4n) is 4.36. The summed E-state index contributed by atoms with van der Waals surface area (Å²) in [5.74, 6) is 2.20. The van der Waals surface area contributed by atoms with Crippen LogP contribution < -0.4 is 14.8 Å². The van der Waals surface area contributed by atoms with Crippen LogP contribution in [-0.2, 0) is 7.05 Å². The molecule has 4 heterocycles. The molecular weight excluding hydrogens is 406 g/mol. The highest BCUT2D eigenvalue weighted by Crippen LogP contribution is 2.36. The average Bonchev–Trinajstić information content (AvgIpc) is 3.43. The van der Waals surface area contributed by atoms with Gasteiger partial charge < -0.3 is 14.8 Å². The van der Waals surface area contributed by atoms with Gasteiger partial charge in [-0.15, -0.1) is 0 Å². The van der Waals surface area contributed by atoms with Crippen LogP contribution in [0.15, 0.2) is 43.0 Å². The van der Waals surface area contributed by atoms with E-state index in [0.29, 0.717) is 11.9 Å². The largest absolute Gasteiger partial charge is 0.489 e.